The van der Waals surface area contributed by atoms with E-state index in [9.17, 15) is 14.9 Å². The minimum Gasteiger partial charge on any atom is -0.453 e. The van der Waals surface area contributed by atoms with Gasteiger partial charge in [0.2, 0.25) is 0 Å². The second-order valence-electron chi connectivity index (χ2n) is 8.98. The number of aromatic amines is 1. The average molecular weight is 465 g/mol. The highest BCUT2D eigenvalue weighted by Crippen LogP contribution is 2.33. The number of rotatable bonds is 6. The second-order valence-corrected chi connectivity index (χ2v) is 10.1. The van der Waals surface area contributed by atoms with Crippen LogP contribution in [0.25, 0.3) is 16.3 Å². The van der Waals surface area contributed by atoms with Crippen LogP contribution in [0.1, 0.15) is 59.9 Å². The highest BCUT2D eigenvalue weighted by Gasteiger charge is 2.20. The molecule has 3 heterocycles. The van der Waals surface area contributed by atoms with Crippen molar-refractivity contribution in [2.24, 2.45) is 5.92 Å². The van der Waals surface area contributed by atoms with Gasteiger partial charge in [-0.2, -0.15) is 5.26 Å². The van der Waals surface area contributed by atoms with Gasteiger partial charge in [0.15, 0.2) is 0 Å². The topological polar surface area (TPSA) is 101 Å². The van der Waals surface area contributed by atoms with E-state index in [-0.39, 0.29) is 23.6 Å². The van der Waals surface area contributed by atoms with E-state index in [1.807, 2.05) is 26.0 Å². The van der Waals surface area contributed by atoms with Gasteiger partial charge in [-0.3, -0.25) is 4.79 Å². The predicted octanol–water partition coefficient (Wildman–Crippen LogP) is 4.59. The molecule has 0 atom stereocenters. The molecule has 0 fully saturated rings. The van der Waals surface area contributed by atoms with Crippen molar-refractivity contribution in [3.05, 3.63) is 55.2 Å². The van der Waals surface area contributed by atoms with Crippen molar-refractivity contribution >= 4 is 33.6 Å². The zero-order valence-corrected chi connectivity index (χ0v) is 20.3. The molecule has 3 aromatic rings. The SMILES string of the molecule is Cc1cc(/C=C(\C#N)C(=O)OCc2nc3sc4c(c3c(=O)[nH]2)CCCC4)c(C)n1CC(C)C. The van der Waals surface area contributed by atoms with Crippen molar-refractivity contribution in [3.8, 4) is 6.07 Å². The predicted molar refractivity (Wildman–Crippen MR) is 129 cm³/mol. The van der Waals surface area contributed by atoms with Crippen LogP contribution in [0.5, 0.6) is 0 Å². The summed E-state index contributed by atoms with van der Waals surface area (Å²) in [6, 6.07) is 3.91. The molecule has 0 spiro atoms. The minimum absolute atomic E-state index is 0.0881. The molecule has 33 heavy (non-hydrogen) atoms. The van der Waals surface area contributed by atoms with E-state index in [0.717, 1.165) is 54.7 Å². The zero-order valence-electron chi connectivity index (χ0n) is 19.4. The van der Waals surface area contributed by atoms with Gasteiger partial charge >= 0.3 is 5.97 Å². The Balaban J connectivity index is 1.53. The average Bonchev–Trinajstić information content (AvgIpc) is 3.28. The van der Waals surface area contributed by atoms with Crippen LogP contribution in [0.4, 0.5) is 0 Å². The van der Waals surface area contributed by atoms with Crippen LogP contribution in [0.15, 0.2) is 16.4 Å². The first-order valence-corrected chi connectivity index (χ1v) is 12.1. The monoisotopic (exact) mass is 464 g/mol. The Hall–Kier alpha value is -3.18. The van der Waals surface area contributed by atoms with Gasteiger partial charge in [-0.05, 0) is 68.7 Å². The smallest absolute Gasteiger partial charge is 0.349 e. The summed E-state index contributed by atoms with van der Waals surface area (Å²) in [7, 11) is 0. The van der Waals surface area contributed by atoms with Crippen molar-refractivity contribution in [1.82, 2.24) is 14.5 Å². The van der Waals surface area contributed by atoms with Gasteiger partial charge in [-0.1, -0.05) is 13.8 Å². The maximum Gasteiger partial charge on any atom is 0.349 e. The molecule has 7 nitrogen and oxygen atoms in total. The van der Waals surface area contributed by atoms with E-state index in [4.69, 9.17) is 4.74 Å². The molecule has 8 heteroatoms. The molecule has 0 aromatic carbocycles. The first-order chi connectivity index (χ1) is 15.8. The number of carbonyl (C=O) groups excluding carboxylic acids is 1. The highest BCUT2D eigenvalue weighted by atomic mass is 32.1. The third kappa shape index (κ3) is 4.64. The van der Waals surface area contributed by atoms with Gasteiger partial charge in [0.05, 0.1) is 5.39 Å². The van der Waals surface area contributed by atoms with E-state index in [1.54, 1.807) is 17.4 Å². The van der Waals surface area contributed by atoms with Crippen molar-refractivity contribution in [3.63, 3.8) is 0 Å². The van der Waals surface area contributed by atoms with Gasteiger partial charge in [0, 0.05) is 22.8 Å². The van der Waals surface area contributed by atoms with Crippen LogP contribution in [0.2, 0.25) is 0 Å². The lowest BCUT2D eigenvalue weighted by atomic mass is 9.97. The van der Waals surface area contributed by atoms with E-state index >= 15 is 0 Å². The molecular weight excluding hydrogens is 436 g/mol. The molecule has 3 aromatic heterocycles. The van der Waals surface area contributed by atoms with Crippen molar-refractivity contribution in [1.29, 1.82) is 5.26 Å². The number of thiophene rings is 1. The van der Waals surface area contributed by atoms with E-state index < -0.39 is 5.97 Å². The Morgan fingerprint density at radius 3 is 2.85 bits per heavy atom. The van der Waals surface area contributed by atoms with Gasteiger partial charge in [-0.25, -0.2) is 9.78 Å². The molecular formula is C25H28N4O3S. The molecule has 0 saturated carbocycles. The third-order valence-corrected chi connectivity index (χ3v) is 7.20. The molecule has 0 saturated heterocycles. The summed E-state index contributed by atoms with van der Waals surface area (Å²) in [5, 5.41) is 10.2. The van der Waals surface area contributed by atoms with Gasteiger partial charge in [0.25, 0.3) is 5.56 Å². The fourth-order valence-corrected chi connectivity index (χ4v) is 5.68. The number of hydrogen-bond acceptors (Lipinski definition) is 6. The number of esters is 1. The number of aryl methyl sites for hydroxylation is 3. The molecule has 1 aliphatic rings. The Morgan fingerprint density at radius 1 is 1.36 bits per heavy atom. The number of aromatic nitrogens is 3. The summed E-state index contributed by atoms with van der Waals surface area (Å²) < 4.78 is 7.52. The van der Waals surface area contributed by atoms with Crippen LogP contribution >= 0.6 is 11.3 Å². The minimum atomic E-state index is -0.737. The second kappa shape index (κ2) is 9.36. The largest absolute Gasteiger partial charge is 0.453 e. The standard InChI is InChI=1S/C25H28N4O3S/c1-14(2)12-29-15(3)9-17(16(29)4)10-18(11-26)25(31)32-13-21-27-23(30)22-19-7-5-6-8-20(19)33-24(22)28-21/h9-10,14H,5-8,12-13H2,1-4H3,(H,27,28,30)/b18-10+. The van der Waals surface area contributed by atoms with Gasteiger partial charge < -0.3 is 14.3 Å². The van der Waals surface area contributed by atoms with Crippen LogP contribution in [0, 0.1) is 31.1 Å². The molecule has 4 rings (SSSR count). The number of nitrogens with one attached hydrogen (secondary N) is 1. The third-order valence-electron chi connectivity index (χ3n) is 6.01. The summed E-state index contributed by atoms with van der Waals surface area (Å²) in [4.78, 5) is 34.4. The summed E-state index contributed by atoms with van der Waals surface area (Å²) in [5.41, 5.74) is 3.72. The molecule has 0 bridgehead atoms. The first kappa shape index (κ1) is 23.0. The van der Waals surface area contributed by atoms with Crippen LogP contribution in [-0.4, -0.2) is 20.5 Å². The molecule has 1 N–H and O–H groups in total. The summed E-state index contributed by atoms with van der Waals surface area (Å²) in [6.45, 7) is 8.95. The molecule has 0 amide bonds. The molecule has 0 aliphatic heterocycles. The van der Waals surface area contributed by atoms with Crippen LogP contribution in [-0.2, 0) is 35.5 Å². The van der Waals surface area contributed by atoms with Gasteiger partial charge in [0.1, 0.15) is 28.9 Å². The number of hydrogen-bond donors (Lipinski definition) is 1. The highest BCUT2D eigenvalue weighted by molar-refractivity contribution is 7.18. The summed E-state index contributed by atoms with van der Waals surface area (Å²) in [5.74, 6) is 0.0270. The lowest BCUT2D eigenvalue weighted by Gasteiger charge is -2.12. The number of carbonyl (C=O) groups is 1. The van der Waals surface area contributed by atoms with E-state index in [2.05, 4.69) is 28.4 Å². The summed E-state index contributed by atoms with van der Waals surface area (Å²) in [6.07, 6.45) is 5.66. The quantitative estimate of drug-likeness (QED) is 0.327. The fraction of sp³-hybridized carbons (Fsp3) is 0.440. The Labute approximate surface area is 196 Å². The Bertz CT molecular complexity index is 1350. The maximum atomic E-state index is 12.7. The van der Waals surface area contributed by atoms with Crippen molar-refractivity contribution in [2.75, 3.05) is 0 Å². The molecule has 0 radical (unpaired) electrons. The van der Waals surface area contributed by atoms with Crippen LogP contribution in [0.3, 0.4) is 0 Å². The van der Waals surface area contributed by atoms with Crippen molar-refractivity contribution < 1.29 is 9.53 Å². The fourth-order valence-electron chi connectivity index (χ4n) is 4.40. The zero-order chi connectivity index (χ0) is 23.7. The molecule has 1 aliphatic carbocycles. The number of nitrogens with zero attached hydrogens (tertiary/aromatic N) is 3. The van der Waals surface area contributed by atoms with Crippen LogP contribution < -0.4 is 5.56 Å². The number of fused-ring (bicyclic) bond motifs is 3. The molecule has 0 unspecified atom stereocenters. The van der Waals surface area contributed by atoms with E-state index in [0.29, 0.717) is 16.1 Å². The normalized spacial score (nSPS) is 13.9. The van der Waals surface area contributed by atoms with Gasteiger partial charge in [-0.15, -0.1) is 11.3 Å². The Kier molecular flexibility index (Phi) is 6.52. The molecule has 172 valence electrons. The lowest BCUT2D eigenvalue weighted by Crippen LogP contribution is -2.15. The number of ether oxygens (including phenoxy) is 1. The first-order valence-electron chi connectivity index (χ1n) is 11.3. The Morgan fingerprint density at radius 2 is 2.12 bits per heavy atom. The summed E-state index contributed by atoms with van der Waals surface area (Å²) >= 11 is 1.55. The van der Waals surface area contributed by atoms with Crippen molar-refractivity contribution in [2.45, 2.75) is 66.5 Å². The van der Waals surface area contributed by atoms with E-state index in [1.165, 1.54) is 4.88 Å². The maximum absolute atomic E-state index is 12.7. The number of nitriles is 1. The number of H-pyrrole nitrogens is 1. The lowest BCUT2D eigenvalue weighted by molar-refractivity contribution is -0.139.